The second-order valence-corrected chi connectivity index (χ2v) is 7.26. The molecule has 3 aromatic carbocycles. The number of nitrogens with one attached hydrogen (secondary N) is 2. The zero-order chi connectivity index (χ0) is 20.5. The number of Topliss-reactive ketones (excluding diaryl/α,β-unsaturated/α-hetero) is 1. The van der Waals surface area contributed by atoms with Crippen LogP contribution < -0.4 is 15.4 Å². The fraction of sp³-hybridized carbons (Fsp3) is 0.130. The summed E-state index contributed by atoms with van der Waals surface area (Å²) in [5.41, 5.74) is 2.77. The first-order chi connectivity index (χ1) is 14.0. The van der Waals surface area contributed by atoms with Crippen molar-refractivity contribution in [3.63, 3.8) is 0 Å². The summed E-state index contributed by atoms with van der Waals surface area (Å²) in [5, 5.41) is 8.76. The van der Waals surface area contributed by atoms with E-state index in [0.717, 1.165) is 22.1 Å². The lowest BCUT2D eigenvalue weighted by molar-refractivity contribution is -0.113. The molecular formula is C23H19FN2O2S. The van der Waals surface area contributed by atoms with E-state index in [0.29, 0.717) is 21.9 Å². The minimum atomic E-state index is -0.409. The van der Waals surface area contributed by atoms with Crippen LogP contribution in [0.25, 0.3) is 16.5 Å². The van der Waals surface area contributed by atoms with Gasteiger partial charge in [-0.2, -0.15) is 0 Å². The fourth-order valence-electron chi connectivity index (χ4n) is 3.59. The van der Waals surface area contributed by atoms with Crippen molar-refractivity contribution < 1.29 is 13.9 Å². The standard InChI is InChI=1S/C23H19FN2O2S/c1-13(27)20-21(14-5-8-18(24)9-6-14)25-23(29)26-22(20)17-4-3-16-12-19(28-2)10-7-15(16)11-17/h3-12,22H,1-2H3,(H2,25,26,29)/t22-/m1/s1. The maximum absolute atomic E-state index is 13.4. The lowest BCUT2D eigenvalue weighted by Crippen LogP contribution is -2.44. The van der Waals surface area contributed by atoms with E-state index in [2.05, 4.69) is 10.6 Å². The Balaban J connectivity index is 1.85. The van der Waals surface area contributed by atoms with Gasteiger partial charge in [0.2, 0.25) is 0 Å². The van der Waals surface area contributed by atoms with Crippen LogP contribution >= 0.6 is 12.2 Å². The molecule has 0 saturated carbocycles. The number of carbonyl (C=O) groups is 1. The molecule has 4 rings (SSSR count). The monoisotopic (exact) mass is 406 g/mol. The summed E-state index contributed by atoms with van der Waals surface area (Å²) in [6.07, 6.45) is 0. The number of hydrogen-bond donors (Lipinski definition) is 2. The predicted molar refractivity (Wildman–Crippen MR) is 116 cm³/mol. The van der Waals surface area contributed by atoms with Gasteiger partial charge in [0, 0.05) is 5.57 Å². The van der Waals surface area contributed by atoms with Crippen LogP contribution in [0.4, 0.5) is 4.39 Å². The van der Waals surface area contributed by atoms with Gasteiger partial charge in [0.15, 0.2) is 10.9 Å². The van der Waals surface area contributed by atoms with Gasteiger partial charge in [-0.25, -0.2) is 4.39 Å². The second kappa shape index (κ2) is 7.64. The molecule has 6 heteroatoms. The number of hydrogen-bond acceptors (Lipinski definition) is 3. The summed E-state index contributed by atoms with van der Waals surface area (Å²) < 4.78 is 18.7. The second-order valence-electron chi connectivity index (χ2n) is 6.86. The molecule has 1 heterocycles. The molecule has 1 aliphatic rings. The van der Waals surface area contributed by atoms with Gasteiger partial charge < -0.3 is 15.4 Å². The van der Waals surface area contributed by atoms with E-state index >= 15 is 0 Å². The number of halogens is 1. The van der Waals surface area contributed by atoms with Crippen LogP contribution in [0.15, 0.2) is 66.2 Å². The van der Waals surface area contributed by atoms with Crippen molar-refractivity contribution in [1.29, 1.82) is 0 Å². The maximum Gasteiger partial charge on any atom is 0.171 e. The van der Waals surface area contributed by atoms with Crippen LogP contribution in [0.2, 0.25) is 0 Å². The molecule has 0 unspecified atom stereocenters. The molecule has 0 spiro atoms. The number of carbonyl (C=O) groups excluding carboxylic acids is 1. The van der Waals surface area contributed by atoms with E-state index in [9.17, 15) is 9.18 Å². The van der Waals surface area contributed by atoms with Crippen LogP contribution in [-0.2, 0) is 4.79 Å². The molecule has 1 atom stereocenters. The van der Waals surface area contributed by atoms with Crippen LogP contribution in [0.1, 0.15) is 24.1 Å². The Bertz CT molecular complexity index is 1160. The van der Waals surface area contributed by atoms with Crippen LogP contribution in [0, 0.1) is 5.82 Å². The Morgan fingerprint density at radius 1 is 1.03 bits per heavy atom. The van der Waals surface area contributed by atoms with Gasteiger partial charge in [-0.15, -0.1) is 0 Å². The number of ether oxygens (including phenoxy) is 1. The number of ketones is 1. The number of rotatable bonds is 4. The van der Waals surface area contributed by atoms with Crippen molar-refractivity contribution in [2.45, 2.75) is 13.0 Å². The summed E-state index contributed by atoms with van der Waals surface area (Å²) in [6.45, 7) is 1.52. The lowest BCUT2D eigenvalue weighted by atomic mass is 9.89. The molecule has 3 aromatic rings. The summed E-state index contributed by atoms with van der Waals surface area (Å²) in [7, 11) is 1.64. The zero-order valence-electron chi connectivity index (χ0n) is 16.0. The third kappa shape index (κ3) is 3.71. The average Bonchev–Trinajstić information content (AvgIpc) is 2.72. The van der Waals surface area contributed by atoms with Gasteiger partial charge in [-0.1, -0.05) is 18.2 Å². The molecule has 2 N–H and O–H groups in total. The van der Waals surface area contributed by atoms with Gasteiger partial charge in [0.05, 0.1) is 18.8 Å². The molecule has 0 bridgehead atoms. The highest BCUT2D eigenvalue weighted by Crippen LogP contribution is 2.33. The summed E-state index contributed by atoms with van der Waals surface area (Å²) in [5.74, 6) is 0.359. The molecular weight excluding hydrogens is 387 g/mol. The summed E-state index contributed by atoms with van der Waals surface area (Å²) in [4.78, 5) is 12.6. The first-order valence-corrected chi connectivity index (χ1v) is 9.53. The maximum atomic E-state index is 13.4. The van der Waals surface area contributed by atoms with E-state index in [1.54, 1.807) is 19.2 Å². The Hall–Kier alpha value is -3.25. The smallest absolute Gasteiger partial charge is 0.171 e. The topological polar surface area (TPSA) is 50.4 Å². The minimum Gasteiger partial charge on any atom is -0.497 e. The van der Waals surface area contributed by atoms with Crippen molar-refractivity contribution in [1.82, 2.24) is 10.6 Å². The van der Waals surface area contributed by atoms with E-state index in [1.165, 1.54) is 19.1 Å². The molecule has 146 valence electrons. The van der Waals surface area contributed by atoms with Gasteiger partial charge in [0.25, 0.3) is 0 Å². The number of methoxy groups -OCH3 is 1. The summed E-state index contributed by atoms with van der Waals surface area (Å²) >= 11 is 5.40. The molecule has 29 heavy (non-hydrogen) atoms. The van der Waals surface area contributed by atoms with Crippen molar-refractivity contribution in [2.24, 2.45) is 0 Å². The summed E-state index contributed by atoms with van der Waals surface area (Å²) in [6, 6.07) is 17.4. The predicted octanol–water partition coefficient (Wildman–Crippen LogP) is 4.51. The van der Waals surface area contributed by atoms with E-state index in [-0.39, 0.29) is 11.6 Å². The van der Waals surface area contributed by atoms with Crippen LogP contribution in [0.3, 0.4) is 0 Å². The third-order valence-corrected chi connectivity index (χ3v) is 5.21. The Labute approximate surface area is 173 Å². The van der Waals surface area contributed by atoms with Crippen LogP contribution in [0.5, 0.6) is 5.75 Å². The first kappa shape index (κ1) is 19.1. The SMILES string of the molecule is COc1ccc2cc([C@H]3NC(=S)NC(c4ccc(F)cc4)=C3C(C)=O)ccc2c1. The van der Waals surface area contributed by atoms with E-state index in [4.69, 9.17) is 17.0 Å². The zero-order valence-corrected chi connectivity index (χ0v) is 16.8. The van der Waals surface area contributed by atoms with Gasteiger partial charge in [-0.05, 0) is 83.5 Å². The Kier molecular flexibility index (Phi) is 5.03. The van der Waals surface area contributed by atoms with Crippen molar-refractivity contribution in [3.8, 4) is 5.75 Å². The van der Waals surface area contributed by atoms with Crippen molar-refractivity contribution >= 4 is 39.6 Å². The quantitative estimate of drug-likeness (QED) is 0.625. The molecule has 0 fully saturated rings. The van der Waals surface area contributed by atoms with E-state index in [1.807, 2.05) is 36.4 Å². The highest BCUT2D eigenvalue weighted by atomic mass is 32.1. The Morgan fingerprint density at radius 2 is 1.72 bits per heavy atom. The lowest BCUT2D eigenvalue weighted by Gasteiger charge is -2.31. The number of thiocarbonyl (C=S) groups is 1. The van der Waals surface area contributed by atoms with Crippen molar-refractivity contribution in [3.05, 3.63) is 83.2 Å². The molecule has 0 amide bonds. The molecule has 0 saturated heterocycles. The molecule has 0 aliphatic carbocycles. The molecule has 0 aromatic heterocycles. The fourth-order valence-corrected chi connectivity index (χ4v) is 3.81. The highest BCUT2D eigenvalue weighted by Gasteiger charge is 2.30. The first-order valence-electron chi connectivity index (χ1n) is 9.12. The highest BCUT2D eigenvalue weighted by molar-refractivity contribution is 7.80. The normalized spacial score (nSPS) is 16.4. The van der Waals surface area contributed by atoms with Crippen LogP contribution in [-0.4, -0.2) is 18.0 Å². The van der Waals surface area contributed by atoms with Gasteiger partial charge >= 0.3 is 0 Å². The Morgan fingerprint density at radius 3 is 2.41 bits per heavy atom. The van der Waals surface area contributed by atoms with E-state index < -0.39 is 6.04 Å². The molecule has 4 nitrogen and oxygen atoms in total. The third-order valence-electron chi connectivity index (χ3n) is 4.99. The van der Waals surface area contributed by atoms with Crippen molar-refractivity contribution in [2.75, 3.05) is 7.11 Å². The minimum absolute atomic E-state index is 0.0911. The van der Waals surface area contributed by atoms with Gasteiger partial charge in [0.1, 0.15) is 11.6 Å². The largest absolute Gasteiger partial charge is 0.497 e. The molecule has 0 radical (unpaired) electrons. The number of fused-ring (bicyclic) bond motifs is 1. The molecule has 1 aliphatic heterocycles. The van der Waals surface area contributed by atoms with Gasteiger partial charge in [-0.3, -0.25) is 4.79 Å². The average molecular weight is 406 g/mol. The number of benzene rings is 3.